The Morgan fingerprint density at radius 2 is 2.06 bits per heavy atom. The number of carbonyl (C=O) groups is 1. The molecule has 0 spiro atoms. The zero-order valence-electron chi connectivity index (χ0n) is 9.53. The summed E-state index contributed by atoms with van der Waals surface area (Å²) >= 11 is 5.44. The van der Waals surface area contributed by atoms with Crippen LogP contribution < -0.4 is 4.72 Å². The molecule has 0 saturated heterocycles. The number of carbonyl (C=O) groups excluding carboxylic acids is 1. The van der Waals surface area contributed by atoms with Crippen LogP contribution in [-0.2, 0) is 19.6 Å². The Morgan fingerprint density at radius 3 is 2.56 bits per heavy atom. The summed E-state index contributed by atoms with van der Waals surface area (Å²) in [4.78, 5) is 11.2. The fourth-order valence-electron chi connectivity index (χ4n) is 1.03. The van der Waals surface area contributed by atoms with Crippen LogP contribution in [0.3, 0.4) is 0 Å². The van der Waals surface area contributed by atoms with Crippen LogP contribution in [0.25, 0.3) is 0 Å². The number of alkyl halides is 1. The highest BCUT2D eigenvalue weighted by molar-refractivity contribution is 7.89. The molecule has 0 aromatic carbocycles. The summed E-state index contributed by atoms with van der Waals surface area (Å²) in [6.07, 6.45) is 1.12. The Bertz CT molecular complexity index is 305. The van der Waals surface area contributed by atoms with Gasteiger partial charge in [-0.1, -0.05) is 0 Å². The van der Waals surface area contributed by atoms with Crippen LogP contribution in [0, 0.1) is 0 Å². The summed E-state index contributed by atoms with van der Waals surface area (Å²) in [5.41, 5.74) is 0. The minimum absolute atomic E-state index is 0.0243. The van der Waals surface area contributed by atoms with Gasteiger partial charge in [0.2, 0.25) is 10.0 Å². The lowest BCUT2D eigenvalue weighted by molar-refractivity contribution is -0.144. The zero-order chi connectivity index (χ0) is 12.6. The van der Waals surface area contributed by atoms with Gasteiger partial charge in [0, 0.05) is 5.88 Å². The first-order valence-corrected chi connectivity index (χ1v) is 7.34. The van der Waals surface area contributed by atoms with E-state index in [2.05, 4.69) is 9.46 Å². The zero-order valence-corrected chi connectivity index (χ0v) is 11.1. The van der Waals surface area contributed by atoms with Gasteiger partial charge in [0.25, 0.3) is 0 Å². The molecule has 0 amide bonds. The van der Waals surface area contributed by atoms with Crippen molar-refractivity contribution < 1.29 is 17.9 Å². The third-order valence-electron chi connectivity index (χ3n) is 1.79. The van der Waals surface area contributed by atoms with Crippen LogP contribution >= 0.6 is 11.6 Å². The molecule has 0 aromatic rings. The van der Waals surface area contributed by atoms with Crippen molar-refractivity contribution in [1.29, 1.82) is 0 Å². The fourth-order valence-corrected chi connectivity index (χ4v) is 2.56. The maximum absolute atomic E-state index is 11.5. The molecule has 0 aliphatic carbocycles. The second-order valence-electron chi connectivity index (χ2n) is 3.31. The van der Waals surface area contributed by atoms with Gasteiger partial charge in [0.15, 0.2) is 0 Å². The van der Waals surface area contributed by atoms with Crippen LogP contribution in [0.15, 0.2) is 0 Å². The maximum atomic E-state index is 11.5. The van der Waals surface area contributed by atoms with Crippen LogP contribution in [0.2, 0.25) is 0 Å². The molecular formula is C9H18ClNO4S. The lowest BCUT2D eigenvalue weighted by atomic mass is 10.4. The van der Waals surface area contributed by atoms with E-state index in [1.165, 1.54) is 6.92 Å². The van der Waals surface area contributed by atoms with Gasteiger partial charge in [-0.05, 0) is 26.7 Å². The number of nitrogens with one attached hydrogen (secondary N) is 1. The van der Waals surface area contributed by atoms with Gasteiger partial charge in [-0.25, -0.2) is 13.1 Å². The number of esters is 1. The average Bonchev–Trinajstić information content (AvgIpc) is 2.17. The number of unbranched alkanes of at least 4 members (excludes halogenated alkanes) is 1. The topological polar surface area (TPSA) is 72.5 Å². The lowest BCUT2D eigenvalue weighted by Crippen LogP contribution is -2.40. The summed E-state index contributed by atoms with van der Waals surface area (Å²) in [5.74, 6) is -0.157. The standard InChI is InChI=1S/C9H18ClNO4S/c1-3-15-9(12)8(2)11-16(13,14)7-5-4-6-10/h8,11H,3-7H2,1-2H3. The third kappa shape index (κ3) is 7.03. The number of rotatable bonds is 8. The fraction of sp³-hybridized carbons (Fsp3) is 0.889. The van der Waals surface area contributed by atoms with E-state index in [-0.39, 0.29) is 12.4 Å². The molecule has 16 heavy (non-hydrogen) atoms. The monoisotopic (exact) mass is 271 g/mol. The molecule has 1 unspecified atom stereocenters. The molecular weight excluding hydrogens is 254 g/mol. The normalized spacial score (nSPS) is 13.4. The van der Waals surface area contributed by atoms with Gasteiger partial charge in [0.05, 0.1) is 12.4 Å². The third-order valence-corrected chi connectivity index (χ3v) is 3.60. The van der Waals surface area contributed by atoms with Gasteiger partial charge in [0.1, 0.15) is 6.04 Å². The van der Waals surface area contributed by atoms with Gasteiger partial charge in [-0.3, -0.25) is 4.79 Å². The van der Waals surface area contributed by atoms with E-state index in [0.29, 0.717) is 18.7 Å². The van der Waals surface area contributed by atoms with E-state index in [0.717, 1.165) is 0 Å². The molecule has 0 aliphatic heterocycles. The minimum atomic E-state index is -3.43. The average molecular weight is 272 g/mol. The molecule has 1 atom stereocenters. The molecule has 5 nitrogen and oxygen atoms in total. The van der Waals surface area contributed by atoms with Crippen LogP contribution in [0.5, 0.6) is 0 Å². The van der Waals surface area contributed by atoms with E-state index in [9.17, 15) is 13.2 Å². The highest BCUT2D eigenvalue weighted by atomic mass is 35.5. The smallest absolute Gasteiger partial charge is 0.323 e. The molecule has 0 radical (unpaired) electrons. The minimum Gasteiger partial charge on any atom is -0.465 e. The molecule has 0 fully saturated rings. The Kier molecular flexibility index (Phi) is 7.70. The quantitative estimate of drug-likeness (QED) is 0.404. The number of ether oxygens (including phenoxy) is 1. The Balaban J connectivity index is 4.09. The van der Waals surface area contributed by atoms with Gasteiger partial charge < -0.3 is 4.74 Å². The molecule has 0 heterocycles. The molecule has 0 saturated carbocycles. The second kappa shape index (κ2) is 7.86. The van der Waals surface area contributed by atoms with E-state index in [1.54, 1.807) is 6.92 Å². The number of hydrogen-bond donors (Lipinski definition) is 1. The van der Waals surface area contributed by atoms with Crippen molar-refractivity contribution in [2.75, 3.05) is 18.2 Å². The Hall–Kier alpha value is -0.330. The number of halogens is 1. The molecule has 0 aromatic heterocycles. The highest BCUT2D eigenvalue weighted by Gasteiger charge is 2.20. The maximum Gasteiger partial charge on any atom is 0.323 e. The van der Waals surface area contributed by atoms with Crippen molar-refractivity contribution in [3.05, 3.63) is 0 Å². The van der Waals surface area contributed by atoms with E-state index < -0.39 is 22.0 Å². The van der Waals surface area contributed by atoms with Crippen LogP contribution in [0.4, 0.5) is 0 Å². The van der Waals surface area contributed by atoms with Crippen LogP contribution in [-0.4, -0.2) is 38.7 Å². The SMILES string of the molecule is CCOC(=O)C(C)NS(=O)(=O)CCCCCl. The largest absolute Gasteiger partial charge is 0.465 e. The summed E-state index contributed by atoms with van der Waals surface area (Å²) in [5, 5.41) is 0. The molecule has 0 aliphatic rings. The molecule has 7 heteroatoms. The molecule has 0 bridgehead atoms. The first kappa shape index (κ1) is 15.7. The van der Waals surface area contributed by atoms with E-state index >= 15 is 0 Å². The van der Waals surface area contributed by atoms with E-state index in [4.69, 9.17) is 11.6 Å². The van der Waals surface area contributed by atoms with Crippen molar-refractivity contribution in [2.24, 2.45) is 0 Å². The summed E-state index contributed by atoms with van der Waals surface area (Å²) in [7, 11) is -3.43. The van der Waals surface area contributed by atoms with Crippen LogP contribution in [0.1, 0.15) is 26.7 Å². The Morgan fingerprint density at radius 1 is 1.44 bits per heavy atom. The van der Waals surface area contributed by atoms with E-state index in [1.807, 2.05) is 0 Å². The molecule has 96 valence electrons. The van der Waals surface area contributed by atoms with Gasteiger partial charge >= 0.3 is 5.97 Å². The lowest BCUT2D eigenvalue weighted by Gasteiger charge is -2.12. The predicted molar refractivity (Wildman–Crippen MR) is 63.0 cm³/mol. The van der Waals surface area contributed by atoms with Gasteiger partial charge in [-0.15, -0.1) is 11.6 Å². The van der Waals surface area contributed by atoms with Crippen molar-refractivity contribution in [1.82, 2.24) is 4.72 Å². The second-order valence-corrected chi connectivity index (χ2v) is 5.56. The Labute approximate surface area is 102 Å². The van der Waals surface area contributed by atoms with Crippen molar-refractivity contribution in [2.45, 2.75) is 32.7 Å². The predicted octanol–water partition coefficient (Wildman–Crippen LogP) is 0.876. The van der Waals surface area contributed by atoms with Crippen molar-refractivity contribution in [3.8, 4) is 0 Å². The van der Waals surface area contributed by atoms with Crippen molar-refractivity contribution >= 4 is 27.6 Å². The van der Waals surface area contributed by atoms with Crippen molar-refractivity contribution in [3.63, 3.8) is 0 Å². The first-order valence-electron chi connectivity index (χ1n) is 5.15. The summed E-state index contributed by atoms with van der Waals surface area (Å²) in [6.45, 7) is 3.35. The molecule has 0 rings (SSSR count). The number of sulfonamides is 1. The highest BCUT2D eigenvalue weighted by Crippen LogP contribution is 1.99. The summed E-state index contributed by atoms with van der Waals surface area (Å²) in [6, 6.07) is -0.846. The first-order chi connectivity index (χ1) is 7.43. The molecule has 1 N–H and O–H groups in total. The summed E-state index contributed by atoms with van der Waals surface area (Å²) < 4.78 is 29.9. The number of hydrogen-bond acceptors (Lipinski definition) is 4. The van der Waals surface area contributed by atoms with Gasteiger partial charge in [-0.2, -0.15) is 0 Å².